The average Bonchev–Trinajstić information content (AvgIpc) is 2.80. The van der Waals surface area contributed by atoms with Crippen molar-refractivity contribution in [2.24, 2.45) is 7.05 Å². The highest BCUT2D eigenvalue weighted by Crippen LogP contribution is 2.19. The number of aromatic nitrogens is 1. The van der Waals surface area contributed by atoms with Gasteiger partial charge in [0.05, 0.1) is 7.05 Å². The molecule has 8 heteroatoms. The molecule has 0 spiro atoms. The van der Waals surface area contributed by atoms with Crippen molar-refractivity contribution in [1.29, 1.82) is 0 Å². The van der Waals surface area contributed by atoms with E-state index in [4.69, 9.17) is 0 Å². The van der Waals surface area contributed by atoms with Crippen molar-refractivity contribution in [3.8, 4) is 0 Å². The van der Waals surface area contributed by atoms with Crippen LogP contribution in [0.25, 0.3) is 0 Å². The second-order valence-corrected chi connectivity index (χ2v) is 4.75. The maximum atomic E-state index is 12.3. The summed E-state index contributed by atoms with van der Waals surface area (Å²) in [6, 6.07) is 3.34. The number of halogens is 1. The Labute approximate surface area is 123 Å². The summed E-state index contributed by atoms with van der Waals surface area (Å²) in [7, 11) is 3.47. The Morgan fingerprint density at radius 1 is 1.40 bits per heavy atom. The molecule has 0 radical (unpaired) electrons. The Balaban J connectivity index is 0.00000200. The topological polar surface area (TPSA) is 80.4 Å². The highest BCUT2D eigenvalue weighted by atomic mass is 35.5. The van der Waals surface area contributed by atoms with E-state index in [1.54, 1.807) is 11.9 Å². The molecule has 0 saturated carbocycles. The molecule has 0 bridgehead atoms. The number of nitro groups is 1. The van der Waals surface area contributed by atoms with Crippen molar-refractivity contribution < 1.29 is 9.72 Å². The van der Waals surface area contributed by atoms with Gasteiger partial charge in [0.2, 0.25) is 0 Å². The smallest absolute Gasteiger partial charge is 0.323 e. The van der Waals surface area contributed by atoms with Gasteiger partial charge in [-0.25, -0.2) is 4.57 Å². The minimum atomic E-state index is -0.482. The molecule has 0 unspecified atom stereocenters. The van der Waals surface area contributed by atoms with Gasteiger partial charge in [0, 0.05) is 25.2 Å². The lowest BCUT2D eigenvalue weighted by molar-refractivity contribution is -0.391. The highest BCUT2D eigenvalue weighted by Gasteiger charge is 2.28. The summed E-state index contributed by atoms with van der Waals surface area (Å²) in [5, 5.41) is 14.0. The minimum Gasteiger partial charge on any atom is -0.358 e. The largest absolute Gasteiger partial charge is 0.358 e. The van der Waals surface area contributed by atoms with E-state index < -0.39 is 4.92 Å². The summed E-state index contributed by atoms with van der Waals surface area (Å²) in [6.45, 7) is 1.37. The molecule has 1 aromatic heterocycles. The molecule has 112 valence electrons. The van der Waals surface area contributed by atoms with Crippen LogP contribution in [0, 0.1) is 10.1 Å². The summed E-state index contributed by atoms with van der Waals surface area (Å²) >= 11 is 0. The van der Waals surface area contributed by atoms with Crippen molar-refractivity contribution in [3.63, 3.8) is 0 Å². The number of piperidine rings is 1. The van der Waals surface area contributed by atoms with E-state index in [-0.39, 0.29) is 24.1 Å². The third-order valence-corrected chi connectivity index (χ3v) is 3.69. The standard InChI is InChI=1S/C12H18N4O3.ClH/c1-13-9-5-7-15(8-6-9)12(17)10-3-4-11(14(10)2)16(18)19;/h3-4,9,13H,5-8H2,1-2H3;1H. The molecule has 0 aliphatic carbocycles. The molecule has 20 heavy (non-hydrogen) atoms. The Bertz CT molecular complexity index is 495. The summed E-state index contributed by atoms with van der Waals surface area (Å²) in [5.74, 6) is -0.196. The number of amides is 1. The van der Waals surface area contributed by atoms with Crippen LogP contribution in [-0.2, 0) is 7.05 Å². The molecular formula is C12H19ClN4O3. The van der Waals surface area contributed by atoms with Crippen LogP contribution in [0.2, 0.25) is 0 Å². The molecule has 7 nitrogen and oxygen atoms in total. The molecule has 0 aromatic carbocycles. The quantitative estimate of drug-likeness (QED) is 0.671. The van der Waals surface area contributed by atoms with E-state index in [0.29, 0.717) is 24.8 Å². The number of nitrogens with one attached hydrogen (secondary N) is 1. The van der Waals surface area contributed by atoms with Crippen molar-refractivity contribution in [3.05, 3.63) is 27.9 Å². The van der Waals surface area contributed by atoms with Gasteiger partial charge >= 0.3 is 5.82 Å². The first-order valence-electron chi connectivity index (χ1n) is 6.31. The maximum absolute atomic E-state index is 12.3. The second-order valence-electron chi connectivity index (χ2n) is 4.75. The van der Waals surface area contributed by atoms with Gasteiger partial charge < -0.3 is 20.3 Å². The number of nitrogens with zero attached hydrogens (tertiary/aromatic N) is 3. The number of likely N-dealkylation sites (tertiary alicyclic amines) is 1. The zero-order valence-corrected chi connectivity index (χ0v) is 12.4. The summed E-state index contributed by atoms with van der Waals surface area (Å²) in [6.07, 6.45) is 1.82. The summed E-state index contributed by atoms with van der Waals surface area (Å²) in [4.78, 5) is 24.4. The lowest BCUT2D eigenvalue weighted by Gasteiger charge is -2.31. The van der Waals surface area contributed by atoms with E-state index >= 15 is 0 Å². The normalized spacial score (nSPS) is 15.8. The fraction of sp³-hybridized carbons (Fsp3) is 0.583. The number of hydrogen-bond donors (Lipinski definition) is 1. The van der Waals surface area contributed by atoms with Crippen LogP contribution in [0.15, 0.2) is 12.1 Å². The lowest BCUT2D eigenvalue weighted by atomic mass is 10.1. The van der Waals surface area contributed by atoms with Crippen LogP contribution in [0.5, 0.6) is 0 Å². The van der Waals surface area contributed by atoms with Gasteiger partial charge in [-0.05, 0) is 30.9 Å². The number of carbonyl (C=O) groups excluding carboxylic acids is 1. The zero-order chi connectivity index (χ0) is 14.0. The summed E-state index contributed by atoms with van der Waals surface area (Å²) in [5.41, 5.74) is 0.370. The van der Waals surface area contributed by atoms with Gasteiger partial charge in [-0.1, -0.05) is 0 Å². The Hall–Kier alpha value is -1.60. The third kappa shape index (κ3) is 3.10. The van der Waals surface area contributed by atoms with Crippen LogP contribution in [0.3, 0.4) is 0 Å². The Morgan fingerprint density at radius 3 is 2.45 bits per heavy atom. The van der Waals surface area contributed by atoms with Gasteiger partial charge in [0.1, 0.15) is 0 Å². The molecule has 2 heterocycles. The summed E-state index contributed by atoms with van der Waals surface area (Å²) < 4.78 is 1.34. The van der Waals surface area contributed by atoms with Crippen LogP contribution < -0.4 is 5.32 Å². The van der Waals surface area contributed by atoms with Crippen LogP contribution >= 0.6 is 12.4 Å². The SMILES string of the molecule is CNC1CCN(C(=O)c2ccc([N+](=O)[O-])n2C)CC1.Cl. The highest BCUT2D eigenvalue weighted by molar-refractivity contribution is 5.93. The first-order chi connectivity index (χ1) is 9.04. The van der Waals surface area contributed by atoms with Crippen LogP contribution in [0.4, 0.5) is 5.82 Å². The van der Waals surface area contributed by atoms with Gasteiger partial charge in [0.25, 0.3) is 5.91 Å². The molecular weight excluding hydrogens is 284 g/mol. The molecule has 1 aliphatic heterocycles. The monoisotopic (exact) mass is 302 g/mol. The van der Waals surface area contributed by atoms with Gasteiger partial charge in [0.15, 0.2) is 5.69 Å². The Kier molecular flexibility index (Phi) is 5.52. The number of hydrogen-bond acceptors (Lipinski definition) is 4. The third-order valence-electron chi connectivity index (χ3n) is 3.69. The molecule has 2 rings (SSSR count). The molecule has 1 saturated heterocycles. The number of rotatable bonds is 3. The van der Waals surface area contributed by atoms with E-state index in [0.717, 1.165) is 12.8 Å². The Morgan fingerprint density at radius 2 is 2.00 bits per heavy atom. The lowest BCUT2D eigenvalue weighted by Crippen LogP contribution is -2.44. The predicted octanol–water partition coefficient (Wildman–Crippen LogP) is 1.18. The second kappa shape index (κ2) is 6.71. The van der Waals surface area contributed by atoms with Crippen LogP contribution in [0.1, 0.15) is 23.3 Å². The van der Waals surface area contributed by atoms with Crippen LogP contribution in [-0.4, -0.2) is 46.5 Å². The first kappa shape index (κ1) is 16.5. The predicted molar refractivity (Wildman–Crippen MR) is 77.3 cm³/mol. The minimum absolute atomic E-state index is 0. The molecule has 1 amide bonds. The number of carbonyl (C=O) groups is 1. The van der Waals surface area contributed by atoms with E-state index in [1.807, 2.05) is 7.05 Å². The maximum Gasteiger partial charge on any atom is 0.323 e. The first-order valence-corrected chi connectivity index (χ1v) is 6.31. The van der Waals surface area contributed by atoms with E-state index in [1.165, 1.54) is 16.7 Å². The van der Waals surface area contributed by atoms with E-state index in [9.17, 15) is 14.9 Å². The molecule has 0 atom stereocenters. The molecule has 1 fully saturated rings. The van der Waals surface area contributed by atoms with Crippen molar-refractivity contribution in [2.75, 3.05) is 20.1 Å². The van der Waals surface area contributed by atoms with Gasteiger partial charge in [-0.15, -0.1) is 12.4 Å². The molecule has 1 aromatic rings. The zero-order valence-electron chi connectivity index (χ0n) is 11.5. The van der Waals surface area contributed by atoms with Crippen molar-refractivity contribution in [2.45, 2.75) is 18.9 Å². The van der Waals surface area contributed by atoms with E-state index in [2.05, 4.69) is 5.32 Å². The van der Waals surface area contributed by atoms with Crippen molar-refractivity contribution >= 4 is 24.1 Å². The van der Waals surface area contributed by atoms with Crippen molar-refractivity contribution in [1.82, 2.24) is 14.8 Å². The average molecular weight is 303 g/mol. The fourth-order valence-corrected chi connectivity index (χ4v) is 2.43. The van der Waals surface area contributed by atoms with Gasteiger partial charge in [-0.2, -0.15) is 0 Å². The molecule has 1 N–H and O–H groups in total. The molecule has 1 aliphatic rings. The fourth-order valence-electron chi connectivity index (χ4n) is 2.43. The van der Waals surface area contributed by atoms with Gasteiger partial charge in [-0.3, -0.25) is 4.79 Å².